The lowest BCUT2D eigenvalue weighted by Gasteiger charge is -2.06. The van der Waals surface area contributed by atoms with Gasteiger partial charge in [0.15, 0.2) is 0 Å². The van der Waals surface area contributed by atoms with E-state index in [4.69, 9.17) is 11.6 Å². The van der Waals surface area contributed by atoms with Gasteiger partial charge in [-0.25, -0.2) is 4.98 Å². The van der Waals surface area contributed by atoms with E-state index in [2.05, 4.69) is 15.4 Å². The van der Waals surface area contributed by atoms with Gasteiger partial charge in [-0.3, -0.25) is 14.7 Å². The van der Waals surface area contributed by atoms with E-state index in [0.29, 0.717) is 21.4 Å². The summed E-state index contributed by atoms with van der Waals surface area (Å²) >= 11 is 7.27. The van der Waals surface area contributed by atoms with Crippen molar-refractivity contribution in [1.29, 1.82) is 0 Å². The molecular weight excluding hydrogens is 372 g/mol. The van der Waals surface area contributed by atoms with Crippen molar-refractivity contribution in [2.45, 2.75) is 33.2 Å². The Morgan fingerprint density at radius 3 is 2.69 bits per heavy atom. The smallest absolute Gasteiger partial charge is 0.277 e. The molecule has 2 aromatic heterocycles. The average Bonchev–Trinajstić information content (AvgIpc) is 3.15. The van der Waals surface area contributed by atoms with E-state index in [0.717, 1.165) is 11.3 Å². The van der Waals surface area contributed by atoms with Gasteiger partial charge in [-0.05, 0) is 32.9 Å². The summed E-state index contributed by atoms with van der Waals surface area (Å²) < 4.78 is 1.39. The number of aromatic nitrogens is 3. The second-order valence-corrected chi connectivity index (χ2v) is 7.55. The lowest BCUT2D eigenvalue weighted by atomic mass is 10.2. The van der Waals surface area contributed by atoms with Crippen molar-refractivity contribution in [2.75, 3.05) is 0 Å². The van der Waals surface area contributed by atoms with Crippen LogP contribution in [0.15, 0.2) is 34.4 Å². The maximum atomic E-state index is 12.7. The summed E-state index contributed by atoms with van der Waals surface area (Å²) in [5.41, 5.74) is 2.55. The number of aromatic amines is 1. The molecule has 0 aliphatic carbocycles. The lowest BCUT2D eigenvalue weighted by Crippen LogP contribution is -2.33. The van der Waals surface area contributed by atoms with Crippen molar-refractivity contribution in [3.8, 4) is 16.4 Å². The van der Waals surface area contributed by atoms with Crippen LogP contribution in [0.1, 0.15) is 25.1 Å². The van der Waals surface area contributed by atoms with Crippen LogP contribution >= 0.6 is 22.9 Å². The third kappa shape index (κ3) is 3.89. The van der Waals surface area contributed by atoms with Crippen LogP contribution in [0, 0.1) is 6.92 Å². The molecule has 0 unspecified atom stereocenters. The number of thiazole rings is 1. The molecule has 1 aromatic carbocycles. The van der Waals surface area contributed by atoms with Crippen LogP contribution in [-0.2, 0) is 11.2 Å². The molecule has 0 aliphatic heterocycles. The van der Waals surface area contributed by atoms with Gasteiger partial charge in [0.2, 0.25) is 11.0 Å². The quantitative estimate of drug-likeness (QED) is 0.701. The first-order chi connectivity index (χ1) is 12.3. The van der Waals surface area contributed by atoms with E-state index in [1.165, 1.54) is 16.0 Å². The first kappa shape index (κ1) is 18.4. The van der Waals surface area contributed by atoms with Gasteiger partial charge < -0.3 is 5.32 Å². The fraction of sp³-hybridized carbons (Fsp3) is 0.278. The Balaban J connectivity index is 1.89. The molecule has 136 valence electrons. The number of halogens is 1. The molecule has 0 radical (unpaired) electrons. The minimum Gasteiger partial charge on any atom is -0.354 e. The number of rotatable bonds is 5. The van der Waals surface area contributed by atoms with E-state index in [-0.39, 0.29) is 23.9 Å². The molecule has 2 heterocycles. The Labute approximate surface area is 159 Å². The van der Waals surface area contributed by atoms with Crippen LogP contribution in [-0.4, -0.2) is 26.7 Å². The highest BCUT2D eigenvalue weighted by Gasteiger charge is 2.18. The van der Waals surface area contributed by atoms with Gasteiger partial charge in [0.05, 0.1) is 12.1 Å². The lowest BCUT2D eigenvalue weighted by molar-refractivity contribution is -0.120. The SMILES string of the molecule is Cc1[nH]n(-c2nc(-c3ccc(Cl)cc3)cs2)c(=O)c1CC(=O)NC(C)C. The topological polar surface area (TPSA) is 79.8 Å². The summed E-state index contributed by atoms with van der Waals surface area (Å²) in [4.78, 5) is 29.2. The predicted octanol–water partition coefficient (Wildman–Crippen LogP) is 3.32. The third-order valence-corrected chi connectivity index (χ3v) is 4.88. The second-order valence-electron chi connectivity index (χ2n) is 6.28. The van der Waals surface area contributed by atoms with Crippen LogP contribution in [0.4, 0.5) is 0 Å². The Hall–Kier alpha value is -2.38. The van der Waals surface area contributed by atoms with Gasteiger partial charge in [0, 0.05) is 33.3 Å². The number of benzene rings is 1. The number of aryl methyl sites for hydroxylation is 1. The van der Waals surface area contributed by atoms with Gasteiger partial charge in [-0.1, -0.05) is 23.7 Å². The van der Waals surface area contributed by atoms with Crippen molar-refractivity contribution < 1.29 is 4.79 Å². The molecular formula is C18H19ClN4O2S. The zero-order valence-electron chi connectivity index (χ0n) is 14.7. The fourth-order valence-corrected chi connectivity index (χ4v) is 3.49. The number of hydrogen-bond donors (Lipinski definition) is 2. The first-order valence-electron chi connectivity index (χ1n) is 8.17. The molecule has 0 bridgehead atoms. The monoisotopic (exact) mass is 390 g/mol. The van der Waals surface area contributed by atoms with Crippen LogP contribution in [0.5, 0.6) is 0 Å². The summed E-state index contributed by atoms with van der Waals surface area (Å²) in [7, 11) is 0. The van der Waals surface area contributed by atoms with Crippen LogP contribution in [0.25, 0.3) is 16.4 Å². The Bertz CT molecular complexity index is 986. The van der Waals surface area contributed by atoms with Crippen LogP contribution in [0.2, 0.25) is 5.02 Å². The average molecular weight is 391 g/mol. The van der Waals surface area contributed by atoms with Gasteiger partial charge in [0.1, 0.15) is 0 Å². The van der Waals surface area contributed by atoms with E-state index >= 15 is 0 Å². The number of H-pyrrole nitrogens is 1. The molecule has 3 aromatic rings. The van der Waals surface area contributed by atoms with Crippen LogP contribution < -0.4 is 10.9 Å². The molecule has 0 aliphatic rings. The number of nitrogens with zero attached hydrogens (tertiary/aromatic N) is 2. The van der Waals surface area contributed by atoms with Crippen molar-refractivity contribution in [2.24, 2.45) is 0 Å². The van der Waals surface area contributed by atoms with E-state index < -0.39 is 0 Å². The van der Waals surface area contributed by atoms with Crippen molar-refractivity contribution in [1.82, 2.24) is 20.1 Å². The summed E-state index contributed by atoms with van der Waals surface area (Å²) in [6.07, 6.45) is 0.0434. The molecule has 1 amide bonds. The predicted molar refractivity (Wildman–Crippen MR) is 104 cm³/mol. The fourth-order valence-electron chi connectivity index (χ4n) is 2.58. The normalized spacial score (nSPS) is 11.1. The van der Waals surface area contributed by atoms with Crippen molar-refractivity contribution in [3.63, 3.8) is 0 Å². The third-order valence-electron chi connectivity index (χ3n) is 3.80. The van der Waals surface area contributed by atoms with Crippen molar-refractivity contribution in [3.05, 3.63) is 56.3 Å². The maximum absolute atomic E-state index is 12.7. The number of amides is 1. The first-order valence-corrected chi connectivity index (χ1v) is 9.42. The minimum atomic E-state index is -0.251. The zero-order valence-corrected chi connectivity index (χ0v) is 16.2. The molecule has 3 rings (SSSR count). The highest BCUT2D eigenvalue weighted by molar-refractivity contribution is 7.12. The van der Waals surface area contributed by atoms with Gasteiger partial charge in [-0.2, -0.15) is 4.68 Å². The molecule has 0 spiro atoms. The van der Waals surface area contributed by atoms with Crippen molar-refractivity contribution >= 4 is 28.8 Å². The Morgan fingerprint density at radius 1 is 1.35 bits per heavy atom. The zero-order chi connectivity index (χ0) is 18.8. The second kappa shape index (κ2) is 7.47. The maximum Gasteiger partial charge on any atom is 0.277 e. The highest BCUT2D eigenvalue weighted by Crippen LogP contribution is 2.24. The van der Waals surface area contributed by atoms with Crippen LogP contribution in [0.3, 0.4) is 0 Å². The Kier molecular flexibility index (Phi) is 5.29. The molecule has 6 nitrogen and oxygen atoms in total. The Morgan fingerprint density at radius 2 is 2.04 bits per heavy atom. The number of carbonyl (C=O) groups excluding carboxylic acids is 1. The molecule has 26 heavy (non-hydrogen) atoms. The number of nitrogens with one attached hydrogen (secondary N) is 2. The molecule has 0 atom stereocenters. The molecule has 2 N–H and O–H groups in total. The highest BCUT2D eigenvalue weighted by atomic mass is 35.5. The molecule has 0 saturated carbocycles. The summed E-state index contributed by atoms with van der Waals surface area (Å²) in [6, 6.07) is 7.39. The molecule has 8 heteroatoms. The largest absolute Gasteiger partial charge is 0.354 e. The van der Waals surface area contributed by atoms with E-state index in [1.54, 1.807) is 19.1 Å². The summed E-state index contributed by atoms with van der Waals surface area (Å²) in [5.74, 6) is -0.174. The van der Waals surface area contributed by atoms with E-state index in [9.17, 15) is 9.59 Å². The summed E-state index contributed by atoms with van der Waals surface area (Å²) in [6.45, 7) is 5.55. The number of hydrogen-bond acceptors (Lipinski definition) is 4. The standard InChI is InChI=1S/C18H19ClN4O2S/c1-10(2)20-16(24)8-14-11(3)22-23(17(14)25)18-21-15(9-26-18)12-4-6-13(19)7-5-12/h4-7,9-10,22H,8H2,1-3H3,(H,20,24). The van der Waals surface area contributed by atoms with Gasteiger partial charge in [-0.15, -0.1) is 11.3 Å². The molecule has 0 fully saturated rings. The number of carbonyl (C=O) groups is 1. The van der Waals surface area contributed by atoms with E-state index in [1.807, 2.05) is 31.4 Å². The minimum absolute atomic E-state index is 0.0323. The summed E-state index contributed by atoms with van der Waals surface area (Å²) in [5, 5.41) is 8.88. The van der Waals surface area contributed by atoms with Gasteiger partial charge in [0.25, 0.3) is 5.56 Å². The molecule has 0 saturated heterocycles. The van der Waals surface area contributed by atoms with Gasteiger partial charge >= 0.3 is 0 Å².